The quantitative estimate of drug-likeness (QED) is 0.843. The molecule has 0 heterocycles. The Morgan fingerprint density at radius 1 is 1.43 bits per heavy atom. The molecule has 116 valence electrons. The number of aliphatic carboxylic acids is 1. The largest absolute Gasteiger partial charge is 0.481 e. The third-order valence-corrected chi connectivity index (χ3v) is 4.62. The molecule has 2 N–H and O–H groups in total. The predicted molar refractivity (Wildman–Crippen MR) is 83.8 cm³/mol. The molecule has 1 atom stereocenters. The average Bonchev–Trinajstić information content (AvgIpc) is 2.43. The molecule has 0 saturated heterocycles. The van der Waals surface area contributed by atoms with Crippen molar-refractivity contribution in [2.45, 2.75) is 51.1 Å². The van der Waals surface area contributed by atoms with Crippen molar-refractivity contribution in [2.75, 3.05) is 0 Å². The van der Waals surface area contributed by atoms with Crippen LogP contribution in [0, 0.1) is 11.7 Å². The van der Waals surface area contributed by atoms with E-state index in [0.29, 0.717) is 18.0 Å². The number of halogens is 2. The topological polar surface area (TPSA) is 49.3 Å². The second-order valence-electron chi connectivity index (χ2n) is 5.89. The van der Waals surface area contributed by atoms with Gasteiger partial charge in [0.05, 0.1) is 5.92 Å². The molecule has 2 rings (SSSR count). The van der Waals surface area contributed by atoms with Gasteiger partial charge in [-0.05, 0) is 62.8 Å². The van der Waals surface area contributed by atoms with Crippen LogP contribution in [0.2, 0.25) is 0 Å². The Hall–Kier alpha value is -0.940. The maximum absolute atomic E-state index is 13.7. The first kappa shape index (κ1) is 16.4. The molecule has 1 aliphatic rings. The monoisotopic (exact) mass is 357 g/mol. The van der Waals surface area contributed by atoms with E-state index >= 15 is 0 Å². The van der Waals surface area contributed by atoms with Gasteiger partial charge in [-0.15, -0.1) is 0 Å². The van der Waals surface area contributed by atoms with Crippen molar-refractivity contribution in [1.82, 2.24) is 5.32 Å². The number of rotatable bonds is 5. The maximum atomic E-state index is 13.7. The van der Waals surface area contributed by atoms with Gasteiger partial charge >= 0.3 is 5.97 Å². The first-order chi connectivity index (χ1) is 9.95. The summed E-state index contributed by atoms with van der Waals surface area (Å²) < 4.78 is 14.6. The molecule has 0 spiro atoms. The molecule has 3 nitrogen and oxygen atoms in total. The number of nitrogens with one attached hydrogen (secondary N) is 1. The summed E-state index contributed by atoms with van der Waals surface area (Å²) in [6.45, 7) is 2.05. The zero-order valence-electron chi connectivity index (χ0n) is 12.1. The van der Waals surface area contributed by atoms with Gasteiger partial charge in [0.15, 0.2) is 0 Å². The first-order valence-electron chi connectivity index (χ1n) is 7.38. The van der Waals surface area contributed by atoms with Crippen LogP contribution in [0.4, 0.5) is 4.39 Å². The minimum Gasteiger partial charge on any atom is -0.481 e. The SMILES string of the molecule is CC(Cc1cc(Br)ccc1F)NC1CCC(C(=O)O)CC1. The Kier molecular flexibility index (Phi) is 5.76. The van der Waals surface area contributed by atoms with E-state index in [9.17, 15) is 9.18 Å². The number of carboxylic acids is 1. The van der Waals surface area contributed by atoms with Gasteiger partial charge in [-0.2, -0.15) is 0 Å². The van der Waals surface area contributed by atoms with Gasteiger partial charge < -0.3 is 10.4 Å². The molecule has 0 radical (unpaired) electrons. The molecule has 1 unspecified atom stereocenters. The van der Waals surface area contributed by atoms with Crippen LogP contribution in [-0.4, -0.2) is 23.2 Å². The maximum Gasteiger partial charge on any atom is 0.306 e. The van der Waals surface area contributed by atoms with Crippen LogP contribution in [0.15, 0.2) is 22.7 Å². The summed E-state index contributed by atoms with van der Waals surface area (Å²) >= 11 is 3.36. The van der Waals surface area contributed by atoms with Crippen LogP contribution in [-0.2, 0) is 11.2 Å². The Morgan fingerprint density at radius 2 is 2.10 bits per heavy atom. The van der Waals surface area contributed by atoms with E-state index < -0.39 is 5.97 Å². The molecule has 21 heavy (non-hydrogen) atoms. The molecule has 1 saturated carbocycles. The summed E-state index contributed by atoms with van der Waals surface area (Å²) in [5.74, 6) is -1.06. The molecule has 1 aromatic rings. The van der Waals surface area contributed by atoms with Crippen LogP contribution in [0.1, 0.15) is 38.2 Å². The third-order valence-electron chi connectivity index (χ3n) is 4.13. The molecule has 1 fully saturated rings. The summed E-state index contributed by atoms with van der Waals surface area (Å²) in [4.78, 5) is 10.9. The van der Waals surface area contributed by atoms with E-state index in [0.717, 1.165) is 30.2 Å². The predicted octanol–water partition coefficient (Wildman–Crippen LogP) is 3.75. The molecule has 1 aromatic carbocycles. The van der Waals surface area contributed by atoms with Crippen molar-refractivity contribution in [3.8, 4) is 0 Å². The molecule has 0 aliphatic heterocycles. The molecule has 1 aliphatic carbocycles. The van der Waals surface area contributed by atoms with E-state index in [1.54, 1.807) is 6.07 Å². The summed E-state index contributed by atoms with van der Waals surface area (Å²) in [5.41, 5.74) is 0.698. The Labute approximate surface area is 133 Å². The molecule has 0 amide bonds. The van der Waals surface area contributed by atoms with E-state index in [1.807, 2.05) is 13.0 Å². The average molecular weight is 358 g/mol. The fourth-order valence-corrected chi connectivity index (χ4v) is 3.41. The molecular weight excluding hydrogens is 337 g/mol. The second-order valence-corrected chi connectivity index (χ2v) is 6.81. The van der Waals surface area contributed by atoms with Gasteiger partial charge in [-0.3, -0.25) is 4.79 Å². The standard InChI is InChI=1S/C16H21BrFNO2/c1-10(8-12-9-13(17)4-7-15(12)18)19-14-5-2-11(3-6-14)16(20)21/h4,7,9-11,14,19H,2-3,5-6,8H2,1H3,(H,20,21). The highest BCUT2D eigenvalue weighted by atomic mass is 79.9. The summed E-state index contributed by atoms with van der Waals surface area (Å²) in [7, 11) is 0. The fourth-order valence-electron chi connectivity index (χ4n) is 3.00. The van der Waals surface area contributed by atoms with E-state index in [4.69, 9.17) is 5.11 Å². The van der Waals surface area contributed by atoms with Gasteiger partial charge in [-0.1, -0.05) is 15.9 Å². The highest BCUT2D eigenvalue weighted by molar-refractivity contribution is 9.10. The van der Waals surface area contributed by atoms with Gasteiger partial charge in [0.25, 0.3) is 0 Å². The first-order valence-corrected chi connectivity index (χ1v) is 8.17. The number of carbonyl (C=O) groups is 1. The minimum absolute atomic E-state index is 0.167. The number of benzene rings is 1. The minimum atomic E-state index is -0.683. The van der Waals surface area contributed by atoms with Gasteiger partial charge in [0.2, 0.25) is 0 Å². The second kappa shape index (κ2) is 7.36. The number of hydrogen-bond acceptors (Lipinski definition) is 2. The molecular formula is C16H21BrFNO2. The van der Waals surface area contributed by atoms with Crippen molar-refractivity contribution in [3.05, 3.63) is 34.1 Å². The zero-order valence-corrected chi connectivity index (χ0v) is 13.7. The van der Waals surface area contributed by atoms with E-state index in [1.165, 1.54) is 6.07 Å². The molecule has 5 heteroatoms. The van der Waals surface area contributed by atoms with Gasteiger partial charge in [0.1, 0.15) is 5.82 Å². The lowest BCUT2D eigenvalue weighted by Crippen LogP contribution is -2.41. The summed E-state index contributed by atoms with van der Waals surface area (Å²) in [6, 6.07) is 5.49. The lowest BCUT2D eigenvalue weighted by molar-refractivity contribution is -0.142. The van der Waals surface area contributed by atoms with Crippen molar-refractivity contribution >= 4 is 21.9 Å². The van der Waals surface area contributed by atoms with E-state index in [-0.39, 0.29) is 17.8 Å². The van der Waals surface area contributed by atoms with Crippen molar-refractivity contribution in [1.29, 1.82) is 0 Å². The normalized spacial score (nSPS) is 23.8. The van der Waals surface area contributed by atoms with Crippen LogP contribution in [0.25, 0.3) is 0 Å². The Bertz CT molecular complexity index is 501. The van der Waals surface area contributed by atoms with Gasteiger partial charge in [0, 0.05) is 16.6 Å². The van der Waals surface area contributed by atoms with Crippen LogP contribution in [0.5, 0.6) is 0 Å². The summed E-state index contributed by atoms with van der Waals surface area (Å²) in [5, 5.41) is 12.5. The third kappa shape index (κ3) is 4.78. The zero-order chi connectivity index (χ0) is 15.4. The van der Waals surface area contributed by atoms with Crippen molar-refractivity contribution in [3.63, 3.8) is 0 Å². The number of hydrogen-bond donors (Lipinski definition) is 2. The Morgan fingerprint density at radius 3 is 2.71 bits per heavy atom. The van der Waals surface area contributed by atoms with Crippen LogP contribution in [0.3, 0.4) is 0 Å². The van der Waals surface area contributed by atoms with Crippen LogP contribution < -0.4 is 5.32 Å². The highest BCUT2D eigenvalue weighted by Crippen LogP contribution is 2.25. The van der Waals surface area contributed by atoms with Gasteiger partial charge in [-0.25, -0.2) is 4.39 Å². The molecule has 0 aromatic heterocycles. The van der Waals surface area contributed by atoms with E-state index in [2.05, 4.69) is 21.2 Å². The lowest BCUT2D eigenvalue weighted by atomic mass is 9.85. The Balaban J connectivity index is 1.84. The van der Waals surface area contributed by atoms with Crippen molar-refractivity contribution in [2.24, 2.45) is 5.92 Å². The molecule has 0 bridgehead atoms. The fraction of sp³-hybridized carbons (Fsp3) is 0.562. The van der Waals surface area contributed by atoms with Crippen molar-refractivity contribution < 1.29 is 14.3 Å². The highest BCUT2D eigenvalue weighted by Gasteiger charge is 2.26. The van der Waals surface area contributed by atoms with Crippen LogP contribution >= 0.6 is 15.9 Å². The number of carboxylic acid groups (broad SMARTS) is 1. The smallest absolute Gasteiger partial charge is 0.306 e. The lowest BCUT2D eigenvalue weighted by Gasteiger charge is -2.29. The summed E-state index contributed by atoms with van der Waals surface area (Å²) in [6.07, 6.45) is 3.84.